The minimum atomic E-state index is -4.79. The number of para-hydroxylation sites is 1. The van der Waals surface area contributed by atoms with Gasteiger partial charge in [-0.3, -0.25) is 0 Å². The van der Waals surface area contributed by atoms with Crippen molar-refractivity contribution in [1.82, 2.24) is 5.16 Å². The largest absolute Gasteiger partial charge is 0.573 e. The fourth-order valence-electron chi connectivity index (χ4n) is 5.71. The maximum absolute atomic E-state index is 13.0. The van der Waals surface area contributed by atoms with Crippen LogP contribution < -0.4 is 9.64 Å². The lowest BCUT2D eigenvalue weighted by molar-refractivity contribution is -0.274. The molecule has 1 aromatic heterocycles. The molecule has 36 heavy (non-hydrogen) atoms. The van der Waals surface area contributed by atoms with Crippen molar-refractivity contribution in [3.05, 3.63) is 63.4 Å². The van der Waals surface area contributed by atoms with Gasteiger partial charge in [-0.25, -0.2) is 0 Å². The van der Waals surface area contributed by atoms with Crippen LogP contribution in [0.2, 0.25) is 0 Å². The van der Waals surface area contributed by atoms with Crippen LogP contribution in [0.1, 0.15) is 55.8 Å². The van der Waals surface area contributed by atoms with Gasteiger partial charge in [-0.2, -0.15) is 0 Å². The van der Waals surface area contributed by atoms with Gasteiger partial charge in [0.15, 0.2) is 0 Å². The average molecular weight is 610 g/mol. The van der Waals surface area contributed by atoms with E-state index in [0.717, 1.165) is 49.8 Å². The summed E-state index contributed by atoms with van der Waals surface area (Å²) in [6, 6.07) is 15.6. The van der Waals surface area contributed by atoms with E-state index in [9.17, 15) is 13.2 Å². The quantitative estimate of drug-likeness (QED) is 0.261. The Hall–Kier alpha value is -2.27. The molecule has 1 unspecified atom stereocenters. The highest BCUT2D eigenvalue weighted by atomic mass is 127. The highest BCUT2D eigenvalue weighted by molar-refractivity contribution is 14.1. The standard InChI is InChI=1S/C27H26F3IN2O3/c28-27(29,30)35-24-4-2-1-3-22(24)25-23(26(36-32-25)16-5-6-16)15-34-21-13-19-11-12-20(14-21)33(19)18-9-7-17(31)8-10-18/h1-4,7-10,16,19-21H,5-6,11-15H2/t19-,20+,21?. The van der Waals surface area contributed by atoms with Crippen molar-refractivity contribution < 1.29 is 27.2 Å². The van der Waals surface area contributed by atoms with E-state index in [4.69, 9.17) is 9.26 Å². The third-order valence-electron chi connectivity index (χ3n) is 7.41. The number of alkyl halides is 3. The number of fused-ring (bicyclic) bond motifs is 2. The van der Waals surface area contributed by atoms with Gasteiger partial charge in [-0.05, 0) is 97.5 Å². The molecule has 5 nitrogen and oxygen atoms in total. The monoisotopic (exact) mass is 610 g/mol. The van der Waals surface area contributed by atoms with Crippen LogP contribution in [0.25, 0.3) is 11.3 Å². The van der Waals surface area contributed by atoms with Crippen LogP contribution in [0, 0.1) is 3.57 Å². The maximum Gasteiger partial charge on any atom is 0.573 e. The average Bonchev–Trinajstić information content (AvgIpc) is 3.54. The summed E-state index contributed by atoms with van der Waals surface area (Å²) in [5.41, 5.74) is 2.64. The third-order valence-corrected chi connectivity index (χ3v) is 8.13. The third kappa shape index (κ3) is 4.96. The molecule has 3 atom stereocenters. The molecule has 9 heteroatoms. The molecule has 1 saturated carbocycles. The zero-order valence-electron chi connectivity index (χ0n) is 19.5. The summed E-state index contributed by atoms with van der Waals surface area (Å²) in [6.45, 7) is 0.263. The Kier molecular flexibility index (Phi) is 6.39. The van der Waals surface area contributed by atoms with Crippen LogP contribution in [0.5, 0.6) is 5.75 Å². The predicted molar refractivity (Wildman–Crippen MR) is 137 cm³/mol. The second-order valence-corrected chi connectivity index (χ2v) is 11.1. The fraction of sp³-hybridized carbons (Fsp3) is 0.444. The summed E-state index contributed by atoms with van der Waals surface area (Å²) in [7, 11) is 0. The minimum Gasteiger partial charge on any atom is -0.405 e. The molecule has 2 saturated heterocycles. The number of anilines is 1. The zero-order valence-corrected chi connectivity index (χ0v) is 21.7. The number of nitrogens with zero attached hydrogens (tertiary/aromatic N) is 2. The van der Waals surface area contributed by atoms with Crippen LogP contribution in [0.3, 0.4) is 0 Å². The van der Waals surface area contributed by atoms with E-state index in [2.05, 4.69) is 61.6 Å². The Morgan fingerprint density at radius 1 is 0.972 bits per heavy atom. The molecule has 0 amide bonds. The molecule has 190 valence electrons. The van der Waals surface area contributed by atoms with E-state index in [-0.39, 0.29) is 29.9 Å². The molecule has 3 aromatic rings. The summed E-state index contributed by atoms with van der Waals surface area (Å²) >= 11 is 2.32. The highest BCUT2D eigenvalue weighted by Crippen LogP contribution is 2.46. The van der Waals surface area contributed by atoms with Gasteiger partial charge in [0.1, 0.15) is 17.2 Å². The van der Waals surface area contributed by atoms with E-state index >= 15 is 0 Å². The first-order chi connectivity index (χ1) is 17.4. The van der Waals surface area contributed by atoms with Crippen molar-refractivity contribution in [2.45, 2.75) is 75.6 Å². The molecule has 2 aromatic carbocycles. The second-order valence-electron chi connectivity index (χ2n) is 9.87. The van der Waals surface area contributed by atoms with Gasteiger partial charge >= 0.3 is 6.36 Å². The van der Waals surface area contributed by atoms with Crippen molar-refractivity contribution in [3.63, 3.8) is 0 Å². The number of hydrogen-bond acceptors (Lipinski definition) is 5. The van der Waals surface area contributed by atoms with Gasteiger partial charge in [0, 0.05) is 38.4 Å². The van der Waals surface area contributed by atoms with Crippen LogP contribution in [0.15, 0.2) is 53.1 Å². The molecule has 3 heterocycles. The number of piperidine rings is 1. The molecule has 0 spiro atoms. The number of halogens is 4. The summed E-state index contributed by atoms with van der Waals surface area (Å²) < 4.78 is 56.7. The lowest BCUT2D eigenvalue weighted by atomic mass is 9.98. The normalized spacial score (nSPS) is 23.8. The Morgan fingerprint density at radius 3 is 2.33 bits per heavy atom. The molecule has 6 rings (SSSR count). The molecule has 0 N–H and O–H groups in total. The van der Waals surface area contributed by atoms with Crippen LogP contribution in [0.4, 0.5) is 18.9 Å². The smallest absolute Gasteiger partial charge is 0.405 e. The van der Waals surface area contributed by atoms with Crippen molar-refractivity contribution in [1.29, 1.82) is 0 Å². The van der Waals surface area contributed by atoms with E-state index in [0.29, 0.717) is 17.8 Å². The fourth-order valence-corrected chi connectivity index (χ4v) is 6.07. The van der Waals surface area contributed by atoms with Gasteiger partial charge in [0.05, 0.1) is 12.7 Å². The predicted octanol–water partition coefficient (Wildman–Crippen LogP) is 7.44. The SMILES string of the molecule is FC(F)(F)Oc1ccccc1-c1noc(C2CC2)c1COC1C[C@H]2CC[C@@H](C1)N2c1ccc(I)cc1. The van der Waals surface area contributed by atoms with Gasteiger partial charge < -0.3 is 18.9 Å². The Labute approximate surface area is 221 Å². The molecule has 3 aliphatic rings. The summed E-state index contributed by atoms with van der Waals surface area (Å²) in [6.07, 6.45) is 1.40. The number of benzene rings is 2. The topological polar surface area (TPSA) is 47.7 Å². The summed E-state index contributed by atoms with van der Waals surface area (Å²) in [5.74, 6) is 0.691. The van der Waals surface area contributed by atoms with Crippen LogP contribution >= 0.6 is 22.6 Å². The number of hydrogen-bond donors (Lipinski definition) is 0. The van der Waals surface area contributed by atoms with E-state index in [1.165, 1.54) is 21.4 Å². The highest BCUT2D eigenvalue weighted by Gasteiger charge is 2.42. The zero-order chi connectivity index (χ0) is 24.9. The number of rotatable bonds is 7. The molecule has 1 aliphatic carbocycles. The Bertz CT molecular complexity index is 1210. The molecular formula is C27H26F3IN2O3. The second kappa shape index (κ2) is 9.55. The first-order valence-corrected chi connectivity index (χ1v) is 13.4. The van der Waals surface area contributed by atoms with E-state index in [1.807, 2.05) is 0 Å². The lowest BCUT2D eigenvalue weighted by Crippen LogP contribution is -2.45. The van der Waals surface area contributed by atoms with Crippen molar-refractivity contribution in [3.8, 4) is 17.0 Å². The van der Waals surface area contributed by atoms with Gasteiger partial charge in [-0.15, -0.1) is 13.2 Å². The first-order valence-electron chi connectivity index (χ1n) is 12.3. The van der Waals surface area contributed by atoms with Crippen molar-refractivity contribution in [2.24, 2.45) is 0 Å². The summed E-state index contributed by atoms with van der Waals surface area (Å²) in [4.78, 5) is 2.54. The molecule has 2 bridgehead atoms. The van der Waals surface area contributed by atoms with E-state index in [1.54, 1.807) is 12.1 Å². The van der Waals surface area contributed by atoms with Crippen LogP contribution in [-0.4, -0.2) is 29.7 Å². The van der Waals surface area contributed by atoms with E-state index < -0.39 is 6.36 Å². The Morgan fingerprint density at radius 2 is 1.67 bits per heavy atom. The van der Waals surface area contributed by atoms with Crippen molar-refractivity contribution >= 4 is 28.3 Å². The van der Waals surface area contributed by atoms with Gasteiger partial charge in [0.2, 0.25) is 0 Å². The minimum absolute atomic E-state index is 0.0825. The molecule has 0 radical (unpaired) electrons. The number of ether oxygens (including phenoxy) is 2. The number of aromatic nitrogens is 1. The molecule has 3 fully saturated rings. The Balaban J connectivity index is 1.21. The lowest BCUT2D eigenvalue weighted by Gasteiger charge is -2.40. The maximum atomic E-state index is 13.0. The molecule has 2 aliphatic heterocycles. The van der Waals surface area contributed by atoms with Gasteiger partial charge in [0.25, 0.3) is 0 Å². The first kappa shape index (κ1) is 24.1. The van der Waals surface area contributed by atoms with Gasteiger partial charge in [-0.1, -0.05) is 17.3 Å². The van der Waals surface area contributed by atoms with Crippen molar-refractivity contribution in [2.75, 3.05) is 4.90 Å². The summed E-state index contributed by atoms with van der Waals surface area (Å²) in [5, 5.41) is 4.19. The van der Waals surface area contributed by atoms with Crippen LogP contribution in [-0.2, 0) is 11.3 Å². The molecular weight excluding hydrogens is 584 g/mol.